The molecule has 3 aromatic carbocycles. The summed E-state index contributed by atoms with van der Waals surface area (Å²) >= 11 is 1.51. The van der Waals surface area contributed by atoms with E-state index in [0.29, 0.717) is 40.2 Å². The molecular weight excluding hydrogens is 481 g/mol. The number of carbonyl (C=O) groups is 1. The van der Waals surface area contributed by atoms with E-state index in [9.17, 15) is 9.18 Å². The quantitative estimate of drug-likeness (QED) is 0.104. The first-order valence-corrected chi connectivity index (χ1v) is 12.2. The molecule has 0 unspecified atom stereocenters. The molecular formula is C27H22FN3O4S. The van der Waals surface area contributed by atoms with Gasteiger partial charge in [0.1, 0.15) is 23.1 Å². The highest BCUT2D eigenvalue weighted by Crippen LogP contribution is 2.37. The van der Waals surface area contributed by atoms with Crippen molar-refractivity contribution in [2.24, 2.45) is 0 Å². The lowest BCUT2D eigenvalue weighted by Crippen LogP contribution is -2.00. The van der Waals surface area contributed by atoms with Crippen molar-refractivity contribution in [1.29, 1.82) is 0 Å². The number of hydrogen-bond donors (Lipinski definition) is 1. The number of fused-ring (bicyclic) bond motifs is 1. The first kappa shape index (κ1) is 23.6. The van der Waals surface area contributed by atoms with E-state index in [1.165, 1.54) is 23.9 Å². The number of aromatic amines is 1. The number of carbonyl (C=O) groups excluding carboxylic acids is 1. The zero-order chi connectivity index (χ0) is 24.9. The number of nitrogens with one attached hydrogen (secondary N) is 1. The van der Waals surface area contributed by atoms with E-state index >= 15 is 0 Å². The van der Waals surface area contributed by atoms with Gasteiger partial charge in [0.2, 0.25) is 5.16 Å². The zero-order valence-electron chi connectivity index (χ0n) is 19.4. The molecule has 0 atom stereocenters. The van der Waals surface area contributed by atoms with Gasteiger partial charge in [0.15, 0.2) is 5.82 Å². The summed E-state index contributed by atoms with van der Waals surface area (Å²) in [5.74, 6) is 2.50. The van der Waals surface area contributed by atoms with Crippen LogP contribution in [0.1, 0.15) is 17.5 Å². The Morgan fingerprint density at radius 3 is 2.72 bits per heavy atom. The molecule has 4 aromatic rings. The van der Waals surface area contributed by atoms with Gasteiger partial charge in [-0.25, -0.2) is 14.2 Å². The molecule has 36 heavy (non-hydrogen) atoms. The number of aromatic nitrogens is 3. The van der Waals surface area contributed by atoms with Gasteiger partial charge in [0.25, 0.3) is 0 Å². The largest absolute Gasteiger partial charge is 0.497 e. The molecule has 9 heteroatoms. The first-order chi connectivity index (χ1) is 17.6. The number of H-pyrrole nitrogens is 1. The van der Waals surface area contributed by atoms with Crippen LogP contribution in [-0.4, -0.2) is 40.6 Å². The van der Waals surface area contributed by atoms with Crippen LogP contribution in [0, 0.1) is 5.82 Å². The Morgan fingerprint density at radius 2 is 1.92 bits per heavy atom. The number of esters is 1. The Kier molecular flexibility index (Phi) is 6.99. The maximum atomic E-state index is 13.4. The predicted octanol–water partition coefficient (Wildman–Crippen LogP) is 5.64. The summed E-state index contributed by atoms with van der Waals surface area (Å²) < 4.78 is 29.8. The second kappa shape index (κ2) is 10.7. The van der Waals surface area contributed by atoms with Crippen molar-refractivity contribution in [1.82, 2.24) is 15.2 Å². The molecule has 0 radical (unpaired) electrons. The lowest BCUT2D eigenvalue weighted by atomic mass is 10.0. The summed E-state index contributed by atoms with van der Waals surface area (Å²) in [6.45, 7) is 0.538. The van der Waals surface area contributed by atoms with Gasteiger partial charge in [-0.15, -0.1) is 5.10 Å². The van der Waals surface area contributed by atoms with Gasteiger partial charge >= 0.3 is 5.97 Å². The van der Waals surface area contributed by atoms with Gasteiger partial charge in [0.05, 0.1) is 19.3 Å². The highest BCUT2D eigenvalue weighted by atomic mass is 32.2. The van der Waals surface area contributed by atoms with E-state index in [1.807, 2.05) is 30.3 Å². The molecule has 0 fully saturated rings. The number of methoxy groups -OCH3 is 1. The Balaban J connectivity index is 1.11. The Labute approximate surface area is 211 Å². The number of nitrogens with zero attached hydrogens (tertiary/aromatic N) is 2. The second-order valence-electron chi connectivity index (χ2n) is 7.91. The van der Waals surface area contributed by atoms with Gasteiger partial charge in [-0.2, -0.15) is 0 Å². The minimum Gasteiger partial charge on any atom is -0.497 e. The number of halogens is 1. The average Bonchev–Trinajstić information content (AvgIpc) is 3.48. The van der Waals surface area contributed by atoms with Gasteiger partial charge in [0, 0.05) is 22.9 Å². The van der Waals surface area contributed by atoms with E-state index in [1.54, 1.807) is 37.5 Å². The van der Waals surface area contributed by atoms with Crippen LogP contribution < -0.4 is 14.2 Å². The maximum Gasteiger partial charge on any atom is 0.344 e. The normalized spacial score (nSPS) is 13.5. The molecule has 0 spiro atoms. The molecule has 0 saturated heterocycles. The molecule has 1 aromatic heterocycles. The van der Waals surface area contributed by atoms with Crippen LogP contribution in [0.25, 0.3) is 23.0 Å². The van der Waals surface area contributed by atoms with Crippen LogP contribution in [0.5, 0.6) is 17.2 Å². The van der Waals surface area contributed by atoms with E-state index in [4.69, 9.17) is 14.2 Å². The van der Waals surface area contributed by atoms with Crippen LogP contribution in [0.15, 0.2) is 71.9 Å². The van der Waals surface area contributed by atoms with E-state index in [2.05, 4.69) is 15.2 Å². The first-order valence-electron chi connectivity index (χ1n) is 11.3. The number of rotatable bonds is 9. The third-order valence-electron chi connectivity index (χ3n) is 5.44. The van der Waals surface area contributed by atoms with Crippen molar-refractivity contribution in [2.75, 3.05) is 19.5 Å². The number of hydrogen-bond acceptors (Lipinski definition) is 7. The van der Waals surface area contributed by atoms with Crippen LogP contribution in [-0.2, 0) is 4.79 Å². The fourth-order valence-electron chi connectivity index (χ4n) is 3.65. The minimum absolute atomic E-state index is 0.313. The Morgan fingerprint density at radius 1 is 1.08 bits per heavy atom. The van der Waals surface area contributed by atoms with Crippen LogP contribution in [0.2, 0.25) is 0 Å². The molecule has 0 amide bonds. The van der Waals surface area contributed by atoms with Crippen LogP contribution >= 0.6 is 11.8 Å². The average molecular weight is 504 g/mol. The van der Waals surface area contributed by atoms with Crippen LogP contribution in [0.3, 0.4) is 0 Å². The fraction of sp³-hybridized carbons (Fsp3) is 0.148. The third kappa shape index (κ3) is 5.41. The molecule has 0 aliphatic carbocycles. The minimum atomic E-state index is -0.384. The fourth-order valence-corrected chi connectivity index (χ4v) is 4.36. The molecule has 5 rings (SSSR count). The summed E-state index contributed by atoms with van der Waals surface area (Å²) in [4.78, 5) is 16.7. The number of benzene rings is 3. The zero-order valence-corrected chi connectivity index (χ0v) is 20.2. The second-order valence-corrected chi connectivity index (χ2v) is 8.97. The highest BCUT2D eigenvalue weighted by Gasteiger charge is 2.27. The van der Waals surface area contributed by atoms with E-state index in [-0.39, 0.29) is 11.8 Å². The van der Waals surface area contributed by atoms with Crippen molar-refractivity contribution in [3.63, 3.8) is 0 Å². The SMILES string of the molecule is COc1ccc2c(c1)OC(=O)/C2=C/c1ccc(OCCCSc2n[nH]c(-c3cccc(F)c3)n2)cc1. The Hall–Kier alpha value is -4.11. The summed E-state index contributed by atoms with van der Waals surface area (Å²) in [6.07, 6.45) is 2.60. The van der Waals surface area contributed by atoms with Crippen molar-refractivity contribution in [3.8, 4) is 28.6 Å². The van der Waals surface area contributed by atoms with Gasteiger partial charge in [-0.05, 0) is 54.5 Å². The monoisotopic (exact) mass is 503 g/mol. The highest BCUT2D eigenvalue weighted by molar-refractivity contribution is 7.99. The van der Waals surface area contributed by atoms with Crippen molar-refractivity contribution in [2.45, 2.75) is 11.6 Å². The summed E-state index contributed by atoms with van der Waals surface area (Å²) in [7, 11) is 1.57. The van der Waals surface area contributed by atoms with E-state index < -0.39 is 0 Å². The standard InChI is InChI=1S/C27H22FN3O4S/c1-33-21-10-11-22-23(26(32)35-24(22)16-21)14-17-6-8-20(9-7-17)34-12-3-13-36-27-29-25(30-31-27)18-4-2-5-19(28)15-18/h2,4-11,14-16H,3,12-13H2,1H3,(H,29,30,31)/b23-14+. The molecule has 1 N–H and O–H groups in total. The smallest absolute Gasteiger partial charge is 0.344 e. The molecule has 0 bridgehead atoms. The third-order valence-corrected chi connectivity index (χ3v) is 6.38. The van der Waals surface area contributed by atoms with Crippen molar-refractivity contribution >= 4 is 29.4 Å². The summed E-state index contributed by atoms with van der Waals surface area (Å²) in [6, 6.07) is 19.1. The van der Waals surface area contributed by atoms with Gasteiger partial charge < -0.3 is 14.2 Å². The topological polar surface area (TPSA) is 86.3 Å². The molecule has 7 nitrogen and oxygen atoms in total. The molecule has 1 aliphatic rings. The molecule has 1 aliphatic heterocycles. The maximum absolute atomic E-state index is 13.4. The van der Waals surface area contributed by atoms with Crippen molar-refractivity contribution in [3.05, 3.63) is 83.7 Å². The van der Waals surface area contributed by atoms with E-state index in [0.717, 1.165) is 29.1 Å². The molecule has 182 valence electrons. The summed E-state index contributed by atoms with van der Waals surface area (Å²) in [5, 5.41) is 7.63. The lowest BCUT2D eigenvalue weighted by molar-refractivity contribution is -0.126. The number of thioether (sulfide) groups is 1. The summed E-state index contributed by atoms with van der Waals surface area (Å²) in [5.41, 5.74) is 2.78. The molecule has 2 heterocycles. The predicted molar refractivity (Wildman–Crippen MR) is 136 cm³/mol. The Bertz CT molecular complexity index is 1420. The van der Waals surface area contributed by atoms with Crippen LogP contribution in [0.4, 0.5) is 4.39 Å². The van der Waals surface area contributed by atoms with Crippen molar-refractivity contribution < 1.29 is 23.4 Å². The molecule has 0 saturated carbocycles. The van der Waals surface area contributed by atoms with Gasteiger partial charge in [-0.1, -0.05) is 36.0 Å². The lowest BCUT2D eigenvalue weighted by Gasteiger charge is -2.06. The van der Waals surface area contributed by atoms with Gasteiger partial charge in [-0.3, -0.25) is 5.10 Å². The number of ether oxygens (including phenoxy) is 3.